The summed E-state index contributed by atoms with van der Waals surface area (Å²) < 4.78 is 35.9. The van der Waals surface area contributed by atoms with Gasteiger partial charge in [-0.25, -0.2) is 12.7 Å². The Morgan fingerprint density at radius 3 is 2.63 bits per heavy atom. The zero-order chi connectivity index (χ0) is 21.9. The van der Waals surface area contributed by atoms with Crippen LogP contribution < -0.4 is 20.2 Å². The standard InChI is InChI=1S/C17H17N5O6S2/c1-21(2)30(25,26)13-5-3-4-12(7-13)19-17(29)20-18-9-11-6-15-16(28-10-27-15)8-14(11)22(23)24/h3-9H,10H2,1-2H3,(H2,19,20,29). The molecule has 1 heterocycles. The van der Waals surface area contributed by atoms with Crippen molar-refractivity contribution in [1.82, 2.24) is 9.73 Å². The van der Waals surface area contributed by atoms with Crippen molar-refractivity contribution in [1.29, 1.82) is 0 Å². The number of ether oxygens (including phenoxy) is 2. The van der Waals surface area contributed by atoms with E-state index in [4.69, 9.17) is 21.7 Å². The van der Waals surface area contributed by atoms with E-state index in [9.17, 15) is 18.5 Å². The quantitative estimate of drug-likeness (QED) is 0.292. The van der Waals surface area contributed by atoms with E-state index in [-0.39, 0.29) is 33.8 Å². The Kier molecular flexibility index (Phi) is 6.14. The number of benzene rings is 2. The average Bonchev–Trinajstić information content (AvgIpc) is 3.14. The van der Waals surface area contributed by atoms with E-state index in [0.29, 0.717) is 11.4 Å². The van der Waals surface area contributed by atoms with Crippen molar-refractivity contribution in [3.63, 3.8) is 0 Å². The van der Waals surface area contributed by atoms with Crippen molar-refractivity contribution in [2.75, 3.05) is 26.2 Å². The Balaban J connectivity index is 1.70. The topological polar surface area (TPSA) is 135 Å². The number of anilines is 1. The lowest BCUT2D eigenvalue weighted by Gasteiger charge is -2.13. The number of rotatable bonds is 6. The van der Waals surface area contributed by atoms with Gasteiger partial charge in [-0.05, 0) is 36.5 Å². The SMILES string of the molecule is CN(C)S(=O)(=O)c1cccc(NC(=S)NN=Cc2cc3c(cc2[N+](=O)[O-])OCO3)c1. The monoisotopic (exact) mass is 451 g/mol. The molecule has 13 heteroatoms. The maximum atomic E-state index is 12.2. The van der Waals surface area contributed by atoms with Gasteiger partial charge in [0.05, 0.1) is 27.7 Å². The third-order valence-electron chi connectivity index (χ3n) is 3.96. The summed E-state index contributed by atoms with van der Waals surface area (Å²) in [5.41, 5.74) is 2.95. The summed E-state index contributed by atoms with van der Waals surface area (Å²) in [5.74, 6) is 0.665. The van der Waals surface area contributed by atoms with Gasteiger partial charge in [0.1, 0.15) is 0 Å². The molecule has 0 aliphatic carbocycles. The van der Waals surface area contributed by atoms with Gasteiger partial charge in [0, 0.05) is 19.8 Å². The molecule has 158 valence electrons. The fourth-order valence-corrected chi connectivity index (χ4v) is 3.59. The van der Waals surface area contributed by atoms with Crippen molar-refractivity contribution < 1.29 is 22.8 Å². The van der Waals surface area contributed by atoms with Gasteiger partial charge in [-0.3, -0.25) is 15.5 Å². The first kappa shape index (κ1) is 21.4. The summed E-state index contributed by atoms with van der Waals surface area (Å²) in [7, 11) is -0.720. The zero-order valence-electron chi connectivity index (χ0n) is 15.9. The van der Waals surface area contributed by atoms with Crippen LogP contribution in [-0.2, 0) is 10.0 Å². The number of nitro groups is 1. The second kappa shape index (κ2) is 8.61. The van der Waals surface area contributed by atoms with E-state index >= 15 is 0 Å². The minimum absolute atomic E-state index is 0.0120. The van der Waals surface area contributed by atoms with Crippen LogP contribution in [0.3, 0.4) is 0 Å². The highest BCUT2D eigenvalue weighted by molar-refractivity contribution is 7.89. The fraction of sp³-hybridized carbons (Fsp3) is 0.176. The number of hydrogen-bond acceptors (Lipinski definition) is 8. The molecule has 2 aromatic rings. The van der Waals surface area contributed by atoms with Gasteiger partial charge < -0.3 is 14.8 Å². The molecule has 0 saturated heterocycles. The molecule has 30 heavy (non-hydrogen) atoms. The molecule has 0 aromatic heterocycles. The van der Waals surface area contributed by atoms with Crippen LogP contribution in [0.2, 0.25) is 0 Å². The average molecular weight is 451 g/mol. The Morgan fingerprint density at radius 1 is 1.27 bits per heavy atom. The molecule has 2 aromatic carbocycles. The lowest BCUT2D eigenvalue weighted by Crippen LogP contribution is -2.25. The van der Waals surface area contributed by atoms with Crippen LogP contribution >= 0.6 is 12.2 Å². The molecule has 11 nitrogen and oxygen atoms in total. The number of nitro benzene ring substituents is 1. The number of nitrogens with one attached hydrogen (secondary N) is 2. The number of thiocarbonyl (C=S) groups is 1. The maximum Gasteiger partial charge on any atom is 0.282 e. The summed E-state index contributed by atoms with van der Waals surface area (Å²) in [5, 5.41) is 18.0. The first-order valence-electron chi connectivity index (χ1n) is 8.39. The van der Waals surface area contributed by atoms with E-state index in [1.54, 1.807) is 12.1 Å². The molecule has 0 fully saturated rings. The molecule has 2 N–H and O–H groups in total. The van der Waals surface area contributed by atoms with Gasteiger partial charge in [0.2, 0.25) is 16.8 Å². The summed E-state index contributed by atoms with van der Waals surface area (Å²) in [6, 6.07) is 8.80. The highest BCUT2D eigenvalue weighted by Crippen LogP contribution is 2.37. The van der Waals surface area contributed by atoms with E-state index in [1.165, 1.54) is 44.6 Å². The molecule has 0 amide bonds. The molecular weight excluding hydrogens is 434 g/mol. The molecule has 0 spiro atoms. The van der Waals surface area contributed by atoms with Gasteiger partial charge in [-0.2, -0.15) is 5.10 Å². The minimum Gasteiger partial charge on any atom is -0.454 e. The minimum atomic E-state index is -3.59. The molecule has 0 saturated carbocycles. The van der Waals surface area contributed by atoms with Crippen LogP contribution in [0.5, 0.6) is 11.5 Å². The Morgan fingerprint density at radius 2 is 1.97 bits per heavy atom. The first-order chi connectivity index (χ1) is 14.2. The predicted octanol–water partition coefficient (Wildman–Crippen LogP) is 1.89. The fourth-order valence-electron chi connectivity index (χ4n) is 2.47. The smallest absolute Gasteiger partial charge is 0.282 e. The van der Waals surface area contributed by atoms with E-state index in [1.807, 2.05) is 0 Å². The van der Waals surface area contributed by atoms with Crippen LogP contribution in [0, 0.1) is 10.1 Å². The Bertz CT molecular complexity index is 1130. The van der Waals surface area contributed by atoms with E-state index in [2.05, 4.69) is 15.8 Å². The highest BCUT2D eigenvalue weighted by Gasteiger charge is 2.22. The molecule has 0 atom stereocenters. The molecule has 0 unspecified atom stereocenters. The van der Waals surface area contributed by atoms with Gasteiger partial charge in [0.25, 0.3) is 5.69 Å². The van der Waals surface area contributed by atoms with E-state index < -0.39 is 14.9 Å². The second-order valence-electron chi connectivity index (χ2n) is 6.16. The normalized spacial score (nSPS) is 12.9. The van der Waals surface area contributed by atoms with Crippen LogP contribution in [0.1, 0.15) is 5.56 Å². The van der Waals surface area contributed by atoms with Crippen molar-refractivity contribution in [3.05, 3.63) is 52.1 Å². The number of hydrogen-bond donors (Lipinski definition) is 2. The van der Waals surface area contributed by atoms with Crippen molar-refractivity contribution in [2.45, 2.75) is 4.90 Å². The van der Waals surface area contributed by atoms with Crippen LogP contribution in [0.4, 0.5) is 11.4 Å². The maximum absolute atomic E-state index is 12.2. The summed E-state index contributed by atoms with van der Waals surface area (Å²) in [6.45, 7) is -0.0120. The zero-order valence-corrected chi connectivity index (χ0v) is 17.5. The Labute approximate surface area is 177 Å². The third kappa shape index (κ3) is 4.64. The molecule has 0 bridgehead atoms. The first-order valence-corrected chi connectivity index (χ1v) is 10.2. The third-order valence-corrected chi connectivity index (χ3v) is 5.96. The largest absolute Gasteiger partial charge is 0.454 e. The van der Waals surface area contributed by atoms with E-state index in [0.717, 1.165) is 4.31 Å². The predicted molar refractivity (Wildman–Crippen MR) is 113 cm³/mol. The van der Waals surface area contributed by atoms with Crippen molar-refractivity contribution in [3.8, 4) is 11.5 Å². The highest BCUT2D eigenvalue weighted by atomic mass is 32.2. The van der Waals surface area contributed by atoms with Crippen molar-refractivity contribution >= 4 is 44.9 Å². The van der Waals surface area contributed by atoms with Crippen molar-refractivity contribution in [2.24, 2.45) is 5.10 Å². The van der Waals surface area contributed by atoms with Gasteiger partial charge >= 0.3 is 0 Å². The molecule has 3 rings (SSSR count). The summed E-state index contributed by atoms with van der Waals surface area (Å²) in [6.07, 6.45) is 1.22. The van der Waals surface area contributed by atoms with Gasteiger partial charge in [-0.1, -0.05) is 6.07 Å². The number of fused-ring (bicyclic) bond motifs is 1. The van der Waals surface area contributed by atoms with Crippen LogP contribution in [0.25, 0.3) is 0 Å². The Hall–Kier alpha value is -3.29. The molecule has 1 aliphatic heterocycles. The second-order valence-corrected chi connectivity index (χ2v) is 8.72. The van der Waals surface area contributed by atoms with Crippen LogP contribution in [0.15, 0.2) is 46.4 Å². The lowest BCUT2D eigenvalue weighted by atomic mass is 10.1. The van der Waals surface area contributed by atoms with Gasteiger partial charge in [-0.15, -0.1) is 0 Å². The lowest BCUT2D eigenvalue weighted by molar-refractivity contribution is -0.385. The summed E-state index contributed by atoms with van der Waals surface area (Å²) >= 11 is 5.13. The summed E-state index contributed by atoms with van der Waals surface area (Å²) in [4.78, 5) is 10.8. The molecule has 1 aliphatic rings. The molecule has 0 radical (unpaired) electrons. The number of hydrazone groups is 1. The van der Waals surface area contributed by atoms with Gasteiger partial charge in [0.15, 0.2) is 16.6 Å². The molecular formula is C17H17N5O6S2. The van der Waals surface area contributed by atoms with Crippen LogP contribution in [-0.4, -0.2) is 49.9 Å². The number of nitrogens with zero attached hydrogens (tertiary/aromatic N) is 3. The number of sulfonamides is 1.